The quantitative estimate of drug-likeness (QED) is 0.210. The van der Waals surface area contributed by atoms with E-state index >= 15 is 0 Å². The van der Waals surface area contributed by atoms with E-state index in [1.165, 1.54) is 49.2 Å². The van der Waals surface area contributed by atoms with Gasteiger partial charge in [0.05, 0.1) is 22.2 Å². The molecule has 0 unspecified atom stereocenters. The second-order valence-corrected chi connectivity index (χ2v) is 11.3. The van der Waals surface area contributed by atoms with Crippen LogP contribution in [0.25, 0.3) is 77.4 Å². The summed E-state index contributed by atoms with van der Waals surface area (Å²) in [7, 11) is 0. The van der Waals surface area contributed by atoms with Crippen LogP contribution in [-0.4, -0.2) is 14.1 Å². The van der Waals surface area contributed by atoms with E-state index < -0.39 is 0 Å². The first kappa shape index (κ1) is 24.6. The third-order valence-electron chi connectivity index (χ3n) is 8.71. The minimum absolute atomic E-state index is 0.902. The highest BCUT2D eigenvalue weighted by atomic mass is 15.1. The Labute approximate surface area is 254 Å². The summed E-state index contributed by atoms with van der Waals surface area (Å²) >= 11 is 0. The second-order valence-electron chi connectivity index (χ2n) is 11.3. The largest absolute Gasteiger partial charge is 0.309 e. The first-order chi connectivity index (χ1) is 21.8. The van der Waals surface area contributed by atoms with Gasteiger partial charge in [-0.25, -0.2) is 4.98 Å². The van der Waals surface area contributed by atoms with Crippen molar-refractivity contribution in [2.45, 2.75) is 0 Å². The van der Waals surface area contributed by atoms with Gasteiger partial charge in [0.1, 0.15) is 5.82 Å². The van der Waals surface area contributed by atoms with Gasteiger partial charge in [-0.1, -0.05) is 109 Å². The van der Waals surface area contributed by atoms with Crippen LogP contribution in [0.5, 0.6) is 0 Å². The Morgan fingerprint density at radius 1 is 0.432 bits per heavy atom. The maximum atomic E-state index is 5.19. The fourth-order valence-electron chi connectivity index (χ4n) is 6.65. The van der Waals surface area contributed by atoms with Gasteiger partial charge in [0.2, 0.25) is 0 Å². The van der Waals surface area contributed by atoms with Crippen molar-refractivity contribution in [1.82, 2.24) is 14.1 Å². The van der Waals surface area contributed by atoms with Gasteiger partial charge in [-0.15, -0.1) is 0 Å². The molecule has 6 aromatic carbocycles. The van der Waals surface area contributed by atoms with E-state index in [9.17, 15) is 0 Å². The zero-order valence-electron chi connectivity index (χ0n) is 23.9. The van der Waals surface area contributed by atoms with E-state index in [4.69, 9.17) is 4.98 Å². The number of para-hydroxylation sites is 2. The number of fused-ring (bicyclic) bond motifs is 6. The van der Waals surface area contributed by atoms with E-state index in [1.54, 1.807) is 0 Å². The molecule has 0 N–H and O–H groups in total. The molecule has 0 fully saturated rings. The van der Waals surface area contributed by atoms with E-state index in [2.05, 4.69) is 167 Å². The van der Waals surface area contributed by atoms with Crippen LogP contribution < -0.4 is 0 Å². The van der Waals surface area contributed by atoms with Crippen LogP contribution in [0.3, 0.4) is 0 Å². The Bertz CT molecular complexity index is 2410. The number of hydrogen-bond donors (Lipinski definition) is 0. The summed E-state index contributed by atoms with van der Waals surface area (Å²) < 4.78 is 4.64. The zero-order valence-corrected chi connectivity index (χ0v) is 23.9. The average molecular weight is 562 g/mol. The summed E-state index contributed by atoms with van der Waals surface area (Å²) in [6.07, 6.45) is 2.15. The fourth-order valence-corrected chi connectivity index (χ4v) is 6.65. The van der Waals surface area contributed by atoms with Crippen LogP contribution in [0.2, 0.25) is 0 Å². The van der Waals surface area contributed by atoms with Crippen molar-refractivity contribution in [3.63, 3.8) is 0 Å². The SMILES string of the molecule is c1ccc(-c2cc(-c3ccccc3)nc(-n3ccc4cc5c(ccc6c7ccccc7n(-c7ccccc7)c56)cc43)c2)cc1. The average Bonchev–Trinajstić information content (AvgIpc) is 3.67. The highest BCUT2D eigenvalue weighted by molar-refractivity contribution is 6.20. The van der Waals surface area contributed by atoms with Crippen LogP contribution in [0, 0.1) is 0 Å². The molecule has 0 aliphatic carbocycles. The molecule has 0 spiro atoms. The first-order valence-electron chi connectivity index (χ1n) is 15.0. The van der Waals surface area contributed by atoms with Gasteiger partial charge in [-0.3, -0.25) is 0 Å². The van der Waals surface area contributed by atoms with Crippen molar-refractivity contribution in [2.24, 2.45) is 0 Å². The predicted molar refractivity (Wildman–Crippen MR) is 184 cm³/mol. The number of pyridine rings is 1. The Hall–Kier alpha value is -5.93. The van der Waals surface area contributed by atoms with Crippen LogP contribution in [0.1, 0.15) is 0 Å². The van der Waals surface area contributed by atoms with Gasteiger partial charge < -0.3 is 9.13 Å². The molecule has 0 atom stereocenters. The molecule has 0 saturated carbocycles. The van der Waals surface area contributed by atoms with Crippen molar-refractivity contribution in [1.29, 1.82) is 0 Å². The van der Waals surface area contributed by atoms with Gasteiger partial charge >= 0.3 is 0 Å². The van der Waals surface area contributed by atoms with E-state index in [-0.39, 0.29) is 0 Å². The molecule has 206 valence electrons. The van der Waals surface area contributed by atoms with Crippen molar-refractivity contribution in [3.8, 4) is 33.9 Å². The summed E-state index contributed by atoms with van der Waals surface area (Å²) in [6, 6.07) is 56.2. The maximum Gasteiger partial charge on any atom is 0.138 e. The molecule has 9 rings (SSSR count). The number of nitrogens with zero attached hydrogens (tertiary/aromatic N) is 3. The fraction of sp³-hybridized carbons (Fsp3) is 0. The normalized spacial score (nSPS) is 11.6. The summed E-state index contributed by atoms with van der Waals surface area (Å²) in [5.74, 6) is 0.902. The van der Waals surface area contributed by atoms with Gasteiger partial charge in [-0.05, 0) is 65.0 Å². The van der Waals surface area contributed by atoms with Gasteiger partial charge in [-0.2, -0.15) is 0 Å². The maximum absolute atomic E-state index is 5.19. The monoisotopic (exact) mass is 561 g/mol. The lowest BCUT2D eigenvalue weighted by molar-refractivity contribution is 1.05. The smallest absolute Gasteiger partial charge is 0.138 e. The van der Waals surface area contributed by atoms with Crippen LogP contribution >= 0.6 is 0 Å². The minimum atomic E-state index is 0.902. The molecule has 0 bridgehead atoms. The standard InChI is InChI=1S/C41H27N3/c1-4-12-28(13-5-1)32-25-37(29-14-6-2-7-15-29)42-40(27-32)43-23-22-31-24-36-30(26-39(31)43)20-21-35-34-18-10-11-19-38(34)44(41(35)36)33-16-8-3-9-17-33/h1-27H. The molecular formula is C41H27N3. The number of rotatable bonds is 4. The van der Waals surface area contributed by atoms with Crippen molar-refractivity contribution >= 4 is 43.5 Å². The van der Waals surface area contributed by atoms with Crippen LogP contribution in [0.15, 0.2) is 164 Å². The molecule has 9 aromatic rings. The van der Waals surface area contributed by atoms with E-state index in [1.807, 2.05) is 6.07 Å². The molecule has 3 heteroatoms. The first-order valence-corrected chi connectivity index (χ1v) is 15.0. The molecular weight excluding hydrogens is 534 g/mol. The van der Waals surface area contributed by atoms with E-state index in [0.29, 0.717) is 0 Å². The zero-order chi connectivity index (χ0) is 29.0. The summed E-state index contributed by atoms with van der Waals surface area (Å²) in [6.45, 7) is 0. The predicted octanol–water partition coefficient (Wildman–Crippen LogP) is 10.6. The number of hydrogen-bond acceptors (Lipinski definition) is 1. The lowest BCUT2D eigenvalue weighted by atomic mass is 10.0. The number of benzene rings is 6. The molecule has 44 heavy (non-hydrogen) atoms. The molecule has 0 saturated heterocycles. The molecule has 0 aliphatic rings. The van der Waals surface area contributed by atoms with E-state index in [0.717, 1.165) is 28.2 Å². The highest BCUT2D eigenvalue weighted by Crippen LogP contribution is 2.38. The molecule has 3 aromatic heterocycles. The second kappa shape index (κ2) is 9.82. The van der Waals surface area contributed by atoms with Crippen molar-refractivity contribution in [2.75, 3.05) is 0 Å². The summed E-state index contributed by atoms with van der Waals surface area (Å²) in [5.41, 5.74) is 9.13. The molecule has 0 aliphatic heterocycles. The molecule has 0 amide bonds. The summed E-state index contributed by atoms with van der Waals surface area (Å²) in [4.78, 5) is 5.19. The van der Waals surface area contributed by atoms with Gasteiger partial charge in [0.25, 0.3) is 0 Å². The summed E-state index contributed by atoms with van der Waals surface area (Å²) in [5, 5.41) is 6.15. The van der Waals surface area contributed by atoms with Gasteiger partial charge in [0, 0.05) is 39.0 Å². The van der Waals surface area contributed by atoms with Gasteiger partial charge in [0.15, 0.2) is 0 Å². The topological polar surface area (TPSA) is 22.8 Å². The third kappa shape index (κ3) is 3.87. The Morgan fingerprint density at radius 2 is 1.14 bits per heavy atom. The molecule has 3 nitrogen and oxygen atoms in total. The number of aromatic nitrogens is 3. The minimum Gasteiger partial charge on any atom is -0.309 e. The molecule has 0 radical (unpaired) electrons. The Balaban J connectivity index is 1.30. The third-order valence-corrected chi connectivity index (χ3v) is 8.71. The van der Waals surface area contributed by atoms with Crippen molar-refractivity contribution in [3.05, 3.63) is 164 Å². The lowest BCUT2D eigenvalue weighted by Crippen LogP contribution is -1.99. The van der Waals surface area contributed by atoms with Crippen LogP contribution in [-0.2, 0) is 0 Å². The Kier molecular flexibility index (Phi) is 5.50. The van der Waals surface area contributed by atoms with Crippen molar-refractivity contribution < 1.29 is 0 Å². The molecule has 3 heterocycles. The van der Waals surface area contributed by atoms with Crippen LogP contribution in [0.4, 0.5) is 0 Å². The lowest BCUT2D eigenvalue weighted by Gasteiger charge is -2.13. The highest BCUT2D eigenvalue weighted by Gasteiger charge is 2.17. The Morgan fingerprint density at radius 3 is 1.93 bits per heavy atom.